The van der Waals surface area contributed by atoms with Crippen molar-refractivity contribution in [2.24, 2.45) is 7.05 Å². The van der Waals surface area contributed by atoms with E-state index in [1.54, 1.807) is 35.3 Å². The summed E-state index contributed by atoms with van der Waals surface area (Å²) in [6.07, 6.45) is 7.28. The molecule has 34 heavy (non-hydrogen) atoms. The van der Waals surface area contributed by atoms with Crippen LogP contribution in [0.2, 0.25) is 0 Å². The lowest BCUT2D eigenvalue weighted by molar-refractivity contribution is 0.120. The van der Waals surface area contributed by atoms with Gasteiger partial charge in [0.2, 0.25) is 10.0 Å². The number of anilines is 1. The number of nitrogen functional groups attached to an aromatic ring is 1. The fraction of sp³-hybridized carbons (Fsp3) is 0.348. The van der Waals surface area contributed by atoms with Crippen molar-refractivity contribution in [1.82, 2.24) is 28.9 Å². The van der Waals surface area contributed by atoms with Gasteiger partial charge in [0.05, 0.1) is 28.6 Å². The summed E-state index contributed by atoms with van der Waals surface area (Å²) in [6, 6.07) is 6.73. The number of nitrogens with one attached hydrogen (secondary N) is 1. The third kappa shape index (κ3) is 4.06. The molecular weight excluding hydrogens is 454 g/mol. The van der Waals surface area contributed by atoms with E-state index in [0.29, 0.717) is 42.7 Å². The largest absolute Gasteiger partial charge is 0.393 e. The minimum atomic E-state index is -3.73. The monoisotopic (exact) mass is 481 g/mol. The maximum absolute atomic E-state index is 13.1. The number of fused-ring (bicyclic) bond motifs is 1. The SMILES string of the molecule is Cc1ccc(S(=O)(=O)NC2CCC(O)CC2)cc1-c1cnc2c(N)nc(-c3ccnn3C)cn12. The Morgan fingerprint density at radius 1 is 1.15 bits per heavy atom. The molecule has 0 saturated heterocycles. The van der Waals surface area contributed by atoms with Crippen LogP contribution in [0, 0.1) is 6.92 Å². The Morgan fingerprint density at radius 2 is 1.91 bits per heavy atom. The highest BCUT2D eigenvalue weighted by Gasteiger charge is 2.26. The molecule has 10 nitrogen and oxygen atoms in total. The summed E-state index contributed by atoms with van der Waals surface area (Å²) in [6.45, 7) is 1.92. The van der Waals surface area contributed by atoms with Gasteiger partial charge in [0.25, 0.3) is 0 Å². The molecule has 1 aliphatic carbocycles. The van der Waals surface area contributed by atoms with E-state index in [2.05, 4.69) is 19.8 Å². The van der Waals surface area contributed by atoms with Crippen molar-refractivity contribution in [3.63, 3.8) is 0 Å². The molecule has 0 atom stereocenters. The molecule has 4 N–H and O–H groups in total. The molecule has 178 valence electrons. The van der Waals surface area contributed by atoms with Crippen LogP contribution in [-0.4, -0.2) is 49.8 Å². The van der Waals surface area contributed by atoms with E-state index in [1.807, 2.05) is 30.6 Å². The highest BCUT2D eigenvalue weighted by Crippen LogP contribution is 2.30. The first kappa shape index (κ1) is 22.5. The number of aryl methyl sites for hydroxylation is 2. The van der Waals surface area contributed by atoms with Crippen LogP contribution in [0.25, 0.3) is 28.3 Å². The summed E-state index contributed by atoms with van der Waals surface area (Å²) in [5, 5.41) is 13.9. The van der Waals surface area contributed by atoms with Crippen LogP contribution in [0.5, 0.6) is 0 Å². The first-order valence-corrected chi connectivity index (χ1v) is 12.6. The maximum Gasteiger partial charge on any atom is 0.240 e. The van der Waals surface area contributed by atoms with Gasteiger partial charge in [-0.3, -0.25) is 9.08 Å². The molecule has 11 heteroatoms. The average molecular weight is 482 g/mol. The van der Waals surface area contributed by atoms with Crippen LogP contribution in [0.1, 0.15) is 31.2 Å². The number of aromatic nitrogens is 5. The first-order chi connectivity index (χ1) is 16.2. The number of aliphatic hydroxyl groups is 1. The molecule has 0 unspecified atom stereocenters. The summed E-state index contributed by atoms with van der Waals surface area (Å²) in [7, 11) is -1.90. The molecule has 3 heterocycles. The van der Waals surface area contributed by atoms with Gasteiger partial charge in [-0.25, -0.2) is 23.1 Å². The molecule has 1 aliphatic rings. The van der Waals surface area contributed by atoms with Crippen LogP contribution < -0.4 is 10.5 Å². The Kier molecular flexibility index (Phi) is 5.62. The summed E-state index contributed by atoms with van der Waals surface area (Å²) in [4.78, 5) is 9.09. The third-order valence-electron chi connectivity index (χ3n) is 6.42. The molecular formula is C23H27N7O3S. The summed E-state index contributed by atoms with van der Waals surface area (Å²) >= 11 is 0. The molecule has 4 aromatic rings. The highest BCUT2D eigenvalue weighted by atomic mass is 32.2. The minimum absolute atomic E-state index is 0.179. The predicted octanol–water partition coefficient (Wildman–Crippen LogP) is 2.27. The van der Waals surface area contributed by atoms with Crippen LogP contribution in [-0.2, 0) is 17.1 Å². The average Bonchev–Trinajstić information content (AvgIpc) is 3.42. The van der Waals surface area contributed by atoms with E-state index < -0.39 is 10.0 Å². The molecule has 1 aromatic carbocycles. The van der Waals surface area contributed by atoms with Gasteiger partial charge < -0.3 is 10.8 Å². The number of imidazole rings is 1. The Labute approximate surface area is 197 Å². The summed E-state index contributed by atoms with van der Waals surface area (Å²) in [5.74, 6) is 0.271. The van der Waals surface area contributed by atoms with Gasteiger partial charge in [0.15, 0.2) is 11.5 Å². The van der Waals surface area contributed by atoms with Gasteiger partial charge in [-0.1, -0.05) is 6.07 Å². The van der Waals surface area contributed by atoms with Crippen molar-refractivity contribution in [1.29, 1.82) is 0 Å². The molecule has 5 rings (SSSR count). The predicted molar refractivity (Wildman–Crippen MR) is 128 cm³/mol. The number of hydrogen-bond acceptors (Lipinski definition) is 7. The van der Waals surface area contributed by atoms with Crippen LogP contribution in [0.4, 0.5) is 5.82 Å². The van der Waals surface area contributed by atoms with Crippen molar-refractivity contribution in [3.05, 3.63) is 48.4 Å². The second-order valence-electron chi connectivity index (χ2n) is 8.79. The molecule has 1 fully saturated rings. The van der Waals surface area contributed by atoms with E-state index in [1.165, 1.54) is 0 Å². The van der Waals surface area contributed by atoms with Crippen LogP contribution in [0.15, 0.2) is 47.8 Å². The molecule has 0 bridgehead atoms. The Hall–Kier alpha value is -3.28. The number of nitrogens with two attached hydrogens (primary N) is 1. The van der Waals surface area contributed by atoms with E-state index >= 15 is 0 Å². The normalized spacial score (nSPS) is 19.0. The van der Waals surface area contributed by atoms with Crippen molar-refractivity contribution in [2.45, 2.75) is 49.6 Å². The number of nitrogens with zero attached hydrogens (tertiary/aromatic N) is 5. The zero-order chi connectivity index (χ0) is 24.0. The fourth-order valence-corrected chi connectivity index (χ4v) is 5.82. The molecule has 0 radical (unpaired) electrons. The number of sulfonamides is 1. The standard InChI is InChI=1S/C23H27N7O3S/c1-14-3-8-17(34(32,33)28-15-4-6-16(31)7-5-15)11-18(14)21-12-25-23-22(24)27-19(13-30(21)23)20-9-10-26-29(20)2/h3,8-13,15-16,28,31H,4-7H2,1-2H3,(H2,24,27). The molecule has 0 spiro atoms. The second-order valence-corrected chi connectivity index (χ2v) is 10.5. The molecule has 1 saturated carbocycles. The molecule has 0 amide bonds. The number of rotatable bonds is 5. The number of hydrogen-bond donors (Lipinski definition) is 3. The van der Waals surface area contributed by atoms with Crippen molar-refractivity contribution < 1.29 is 13.5 Å². The van der Waals surface area contributed by atoms with Gasteiger partial charge in [-0.2, -0.15) is 5.10 Å². The summed E-state index contributed by atoms with van der Waals surface area (Å²) in [5.41, 5.74) is 10.5. The van der Waals surface area contributed by atoms with Crippen LogP contribution >= 0.6 is 0 Å². The summed E-state index contributed by atoms with van der Waals surface area (Å²) < 4.78 is 32.6. The third-order valence-corrected chi connectivity index (χ3v) is 7.93. The van der Waals surface area contributed by atoms with Gasteiger partial charge >= 0.3 is 0 Å². The van der Waals surface area contributed by atoms with E-state index in [9.17, 15) is 13.5 Å². The molecule has 3 aromatic heterocycles. The highest BCUT2D eigenvalue weighted by molar-refractivity contribution is 7.89. The van der Waals surface area contributed by atoms with Crippen molar-refractivity contribution in [3.8, 4) is 22.6 Å². The van der Waals surface area contributed by atoms with Gasteiger partial charge in [0, 0.05) is 31.0 Å². The lowest BCUT2D eigenvalue weighted by atomic mass is 9.94. The lowest BCUT2D eigenvalue weighted by Crippen LogP contribution is -2.38. The number of aliphatic hydroxyl groups excluding tert-OH is 1. The quantitative estimate of drug-likeness (QED) is 0.397. The van der Waals surface area contributed by atoms with Crippen molar-refractivity contribution >= 4 is 21.5 Å². The molecule has 0 aliphatic heterocycles. The van der Waals surface area contributed by atoms with Crippen molar-refractivity contribution in [2.75, 3.05) is 5.73 Å². The Balaban J connectivity index is 1.55. The smallest absolute Gasteiger partial charge is 0.240 e. The van der Waals surface area contributed by atoms with E-state index in [0.717, 1.165) is 16.8 Å². The maximum atomic E-state index is 13.1. The topological polar surface area (TPSA) is 140 Å². The van der Waals surface area contributed by atoms with Gasteiger partial charge in [-0.05, 0) is 56.4 Å². The Bertz CT molecular complexity index is 1470. The minimum Gasteiger partial charge on any atom is -0.393 e. The zero-order valence-corrected chi connectivity index (χ0v) is 19.8. The first-order valence-electron chi connectivity index (χ1n) is 11.2. The van der Waals surface area contributed by atoms with Crippen LogP contribution in [0.3, 0.4) is 0 Å². The Morgan fingerprint density at radius 3 is 2.62 bits per heavy atom. The fourth-order valence-electron chi connectivity index (χ4n) is 4.49. The van der Waals surface area contributed by atoms with Gasteiger partial charge in [0.1, 0.15) is 5.69 Å². The second kappa shape index (κ2) is 8.49. The van der Waals surface area contributed by atoms with Gasteiger partial charge in [-0.15, -0.1) is 0 Å². The number of benzene rings is 1. The lowest BCUT2D eigenvalue weighted by Gasteiger charge is -2.26. The van der Waals surface area contributed by atoms with E-state index in [-0.39, 0.29) is 22.9 Å². The zero-order valence-electron chi connectivity index (χ0n) is 19.0. The van der Waals surface area contributed by atoms with E-state index in [4.69, 9.17) is 5.73 Å².